The van der Waals surface area contributed by atoms with Crippen LogP contribution in [0.2, 0.25) is 0 Å². The number of anilines is 1. The maximum Gasteiger partial charge on any atom is 0.261 e. The summed E-state index contributed by atoms with van der Waals surface area (Å²) in [4.78, 5) is 12.1. The highest BCUT2D eigenvalue weighted by molar-refractivity contribution is 6.04. The summed E-state index contributed by atoms with van der Waals surface area (Å²) in [6.07, 6.45) is 0. The average Bonchev–Trinajstić information content (AvgIpc) is 2.69. The van der Waals surface area contributed by atoms with E-state index in [1.807, 2.05) is 6.07 Å². The number of ether oxygens (including phenoxy) is 2. The maximum absolute atomic E-state index is 14.0. The third kappa shape index (κ3) is 3.75. The highest BCUT2D eigenvalue weighted by Crippen LogP contribution is 2.30. The zero-order valence-corrected chi connectivity index (χ0v) is 14.4. The van der Waals surface area contributed by atoms with Gasteiger partial charge in [0.2, 0.25) is 11.6 Å². The van der Waals surface area contributed by atoms with Crippen molar-refractivity contribution in [3.8, 4) is 17.2 Å². The monoisotopic (exact) mass is 391 g/mol. The molecule has 144 valence electrons. The van der Waals surface area contributed by atoms with Crippen LogP contribution >= 0.6 is 0 Å². The molecule has 0 atom stereocenters. The summed E-state index contributed by atoms with van der Waals surface area (Å²) >= 11 is 0. The van der Waals surface area contributed by atoms with Crippen LogP contribution in [0.4, 0.5) is 23.2 Å². The van der Waals surface area contributed by atoms with Gasteiger partial charge in [-0.25, -0.2) is 8.78 Å². The predicted octanol–water partition coefficient (Wildman–Crippen LogP) is 5.30. The lowest BCUT2D eigenvalue weighted by molar-refractivity contribution is 0.101. The molecule has 0 fully saturated rings. The van der Waals surface area contributed by atoms with Gasteiger partial charge in [0.25, 0.3) is 5.91 Å². The van der Waals surface area contributed by atoms with Gasteiger partial charge in [0.1, 0.15) is 17.1 Å². The van der Waals surface area contributed by atoms with E-state index in [2.05, 4.69) is 10.1 Å². The molecule has 0 saturated carbocycles. The lowest BCUT2D eigenvalue weighted by Gasteiger charge is -2.12. The highest BCUT2D eigenvalue weighted by atomic mass is 19.2. The van der Waals surface area contributed by atoms with Crippen LogP contribution < -0.4 is 14.8 Å². The Morgan fingerprint density at radius 3 is 1.86 bits per heavy atom. The molecule has 28 heavy (non-hydrogen) atoms. The van der Waals surface area contributed by atoms with E-state index in [1.165, 1.54) is 24.3 Å². The minimum atomic E-state index is -1.85. The van der Waals surface area contributed by atoms with E-state index < -0.39 is 40.5 Å². The zero-order valence-electron chi connectivity index (χ0n) is 14.4. The number of carbonyl (C=O) groups excluding carboxylic acids is 1. The van der Waals surface area contributed by atoms with E-state index in [-0.39, 0.29) is 5.69 Å². The Bertz CT molecular complexity index is 979. The lowest BCUT2D eigenvalue weighted by Crippen LogP contribution is -2.18. The molecule has 4 nitrogen and oxygen atoms in total. The molecule has 0 radical (unpaired) electrons. The van der Waals surface area contributed by atoms with Gasteiger partial charge in [0, 0.05) is 5.69 Å². The Morgan fingerprint density at radius 1 is 0.786 bits per heavy atom. The Labute approximate surface area is 157 Å². The minimum Gasteiger partial charge on any atom is -0.491 e. The maximum atomic E-state index is 14.0. The molecule has 0 aliphatic carbocycles. The molecule has 0 aliphatic rings. The van der Waals surface area contributed by atoms with Gasteiger partial charge in [-0.3, -0.25) is 4.79 Å². The second-order valence-corrected chi connectivity index (χ2v) is 5.56. The number of methoxy groups -OCH3 is 1. The molecule has 0 spiro atoms. The smallest absolute Gasteiger partial charge is 0.261 e. The standard InChI is InChI=1S/C20H13F4NO3/c1-27-19-17(23)15(21)14(16(22)18(19)24)20(26)25-11-7-9-13(10-8-11)28-12-5-3-2-4-6-12/h2-10H,1H3,(H,25,26). The highest BCUT2D eigenvalue weighted by Gasteiger charge is 2.30. The molecule has 3 aromatic carbocycles. The molecule has 0 saturated heterocycles. The zero-order chi connectivity index (χ0) is 20.3. The van der Waals surface area contributed by atoms with Crippen LogP contribution in [0, 0.1) is 23.3 Å². The fraction of sp³-hybridized carbons (Fsp3) is 0.0500. The predicted molar refractivity (Wildman–Crippen MR) is 93.7 cm³/mol. The molecule has 3 rings (SSSR count). The van der Waals surface area contributed by atoms with Crippen molar-refractivity contribution in [1.82, 2.24) is 0 Å². The number of amides is 1. The molecule has 1 amide bonds. The van der Waals surface area contributed by atoms with E-state index in [9.17, 15) is 22.4 Å². The summed E-state index contributed by atoms with van der Waals surface area (Å²) in [6, 6.07) is 14.7. The summed E-state index contributed by atoms with van der Waals surface area (Å²) in [5, 5.41) is 2.17. The van der Waals surface area contributed by atoms with Crippen LogP contribution in [0.3, 0.4) is 0 Å². The number of benzene rings is 3. The summed E-state index contributed by atoms with van der Waals surface area (Å²) in [7, 11) is 0.846. The van der Waals surface area contributed by atoms with Crippen molar-refractivity contribution in [2.45, 2.75) is 0 Å². The van der Waals surface area contributed by atoms with E-state index in [0.29, 0.717) is 11.5 Å². The number of hydrogen-bond donors (Lipinski definition) is 1. The van der Waals surface area contributed by atoms with Gasteiger partial charge in [0.15, 0.2) is 17.4 Å². The van der Waals surface area contributed by atoms with Crippen molar-refractivity contribution in [2.24, 2.45) is 0 Å². The summed E-state index contributed by atoms with van der Waals surface area (Å²) in [5.74, 6) is -8.84. The van der Waals surface area contributed by atoms with Gasteiger partial charge in [-0.05, 0) is 36.4 Å². The van der Waals surface area contributed by atoms with Gasteiger partial charge < -0.3 is 14.8 Å². The fourth-order valence-corrected chi connectivity index (χ4v) is 2.41. The van der Waals surface area contributed by atoms with Crippen LogP contribution in [0.15, 0.2) is 54.6 Å². The topological polar surface area (TPSA) is 47.6 Å². The molecular weight excluding hydrogens is 378 g/mol. The number of halogens is 4. The lowest BCUT2D eigenvalue weighted by atomic mass is 10.1. The van der Waals surface area contributed by atoms with Crippen molar-refractivity contribution in [3.05, 3.63) is 83.4 Å². The van der Waals surface area contributed by atoms with Crippen LogP contribution in [-0.4, -0.2) is 13.0 Å². The Morgan fingerprint density at radius 2 is 1.32 bits per heavy atom. The van der Waals surface area contributed by atoms with Crippen LogP contribution in [0.25, 0.3) is 0 Å². The molecule has 8 heteroatoms. The van der Waals surface area contributed by atoms with Crippen LogP contribution in [0.5, 0.6) is 17.2 Å². The summed E-state index contributed by atoms with van der Waals surface area (Å²) in [6.45, 7) is 0. The normalized spacial score (nSPS) is 10.5. The van der Waals surface area contributed by atoms with E-state index in [4.69, 9.17) is 4.74 Å². The Hall–Kier alpha value is -3.55. The second kappa shape index (κ2) is 7.99. The van der Waals surface area contributed by atoms with Gasteiger partial charge in [-0.2, -0.15) is 8.78 Å². The van der Waals surface area contributed by atoms with Crippen LogP contribution in [0.1, 0.15) is 10.4 Å². The molecule has 1 N–H and O–H groups in total. The molecule has 0 aliphatic heterocycles. The number of hydrogen-bond acceptors (Lipinski definition) is 3. The first-order valence-corrected chi connectivity index (χ1v) is 7.96. The fourth-order valence-electron chi connectivity index (χ4n) is 2.41. The van der Waals surface area contributed by atoms with E-state index >= 15 is 0 Å². The van der Waals surface area contributed by atoms with E-state index in [1.54, 1.807) is 24.3 Å². The average molecular weight is 391 g/mol. The van der Waals surface area contributed by atoms with Crippen molar-refractivity contribution in [3.63, 3.8) is 0 Å². The first kappa shape index (κ1) is 19.2. The van der Waals surface area contributed by atoms with Crippen molar-refractivity contribution >= 4 is 11.6 Å². The van der Waals surface area contributed by atoms with E-state index in [0.717, 1.165) is 7.11 Å². The number of para-hydroxylation sites is 1. The SMILES string of the molecule is COc1c(F)c(F)c(C(=O)Nc2ccc(Oc3ccccc3)cc2)c(F)c1F. The number of rotatable bonds is 5. The molecule has 0 bridgehead atoms. The Balaban J connectivity index is 1.80. The summed E-state index contributed by atoms with van der Waals surface area (Å²) in [5.41, 5.74) is -1.25. The van der Waals surface area contributed by atoms with Gasteiger partial charge >= 0.3 is 0 Å². The van der Waals surface area contributed by atoms with Crippen molar-refractivity contribution in [1.29, 1.82) is 0 Å². The quantitative estimate of drug-likeness (QED) is 0.475. The van der Waals surface area contributed by atoms with Crippen LogP contribution in [-0.2, 0) is 0 Å². The minimum absolute atomic E-state index is 0.140. The molecule has 3 aromatic rings. The number of carbonyl (C=O) groups is 1. The molecule has 0 heterocycles. The third-order valence-corrected chi connectivity index (χ3v) is 3.75. The third-order valence-electron chi connectivity index (χ3n) is 3.75. The Kier molecular flexibility index (Phi) is 5.49. The first-order chi connectivity index (χ1) is 13.4. The summed E-state index contributed by atoms with van der Waals surface area (Å²) < 4.78 is 65.4. The van der Waals surface area contributed by atoms with Gasteiger partial charge in [-0.15, -0.1) is 0 Å². The molecule has 0 aromatic heterocycles. The first-order valence-electron chi connectivity index (χ1n) is 7.96. The molecule has 0 unspecified atom stereocenters. The second-order valence-electron chi connectivity index (χ2n) is 5.56. The molecular formula is C20H13F4NO3. The van der Waals surface area contributed by atoms with Gasteiger partial charge in [-0.1, -0.05) is 18.2 Å². The largest absolute Gasteiger partial charge is 0.491 e. The van der Waals surface area contributed by atoms with Gasteiger partial charge in [0.05, 0.1) is 7.11 Å². The van der Waals surface area contributed by atoms with Crippen molar-refractivity contribution in [2.75, 3.05) is 12.4 Å². The van der Waals surface area contributed by atoms with Crippen molar-refractivity contribution < 1.29 is 31.8 Å². The number of nitrogens with one attached hydrogen (secondary N) is 1.